The van der Waals surface area contributed by atoms with Crippen LogP contribution in [0.25, 0.3) is 0 Å². The lowest BCUT2D eigenvalue weighted by molar-refractivity contribution is -0.146. The van der Waals surface area contributed by atoms with E-state index in [1.54, 1.807) is 11.0 Å². The number of carbonyl (C=O) groups excluding carboxylic acids is 1. The largest absolute Gasteiger partial charge is 0.432 e. The molecule has 0 radical (unpaired) electrons. The molecule has 4 rings (SSSR count). The molecule has 5 nitrogen and oxygen atoms in total. The normalized spacial score (nSPS) is 27.9. The molecule has 31 heavy (non-hydrogen) atoms. The van der Waals surface area contributed by atoms with Gasteiger partial charge in [-0.1, -0.05) is 30.7 Å². The number of halogens is 2. The second-order valence-corrected chi connectivity index (χ2v) is 14.7. The summed E-state index contributed by atoms with van der Waals surface area (Å²) in [4.78, 5) is 26.9. The minimum absolute atomic E-state index is 0.0581. The van der Waals surface area contributed by atoms with Crippen molar-refractivity contribution in [2.45, 2.75) is 50.2 Å². The zero-order chi connectivity index (χ0) is 22.6. The van der Waals surface area contributed by atoms with Crippen LogP contribution in [0.1, 0.15) is 24.5 Å². The van der Waals surface area contributed by atoms with Crippen molar-refractivity contribution in [2.75, 3.05) is 11.5 Å². The molecule has 2 N–H and O–H groups in total. The van der Waals surface area contributed by atoms with E-state index < -0.39 is 13.9 Å². The third kappa shape index (κ3) is 3.87. The van der Waals surface area contributed by atoms with Crippen LogP contribution in [0, 0.1) is 9.49 Å². The predicted molar refractivity (Wildman–Crippen MR) is 133 cm³/mol. The lowest BCUT2D eigenvalue weighted by atomic mass is 9.82. The van der Waals surface area contributed by atoms with Crippen LogP contribution in [0.2, 0.25) is 23.7 Å². The average molecular weight is 572 g/mol. The van der Waals surface area contributed by atoms with Crippen LogP contribution in [0.5, 0.6) is 0 Å². The second-order valence-electron chi connectivity index (χ2n) is 9.05. The van der Waals surface area contributed by atoms with Gasteiger partial charge >= 0.3 is 0 Å². The molecule has 1 fully saturated rings. The van der Waals surface area contributed by atoms with E-state index in [9.17, 15) is 14.7 Å². The van der Waals surface area contributed by atoms with Crippen LogP contribution >= 0.6 is 34.2 Å². The van der Waals surface area contributed by atoms with Gasteiger partial charge in [-0.2, -0.15) is 0 Å². The molecule has 8 heteroatoms. The summed E-state index contributed by atoms with van der Waals surface area (Å²) < 4.78 is 7.68. The Balaban J connectivity index is 1.82. The molecule has 0 bridgehead atoms. The van der Waals surface area contributed by atoms with Crippen molar-refractivity contribution in [3.63, 3.8) is 0 Å². The van der Waals surface area contributed by atoms with Gasteiger partial charge in [-0.3, -0.25) is 4.79 Å². The molecule has 166 valence electrons. The van der Waals surface area contributed by atoms with Gasteiger partial charge in [-0.15, -0.1) is 0 Å². The first-order chi connectivity index (χ1) is 14.6. The summed E-state index contributed by atoms with van der Waals surface area (Å²) in [6.45, 7) is 6.12. The van der Waals surface area contributed by atoms with E-state index in [1.165, 1.54) is 0 Å². The van der Waals surface area contributed by atoms with Crippen LogP contribution in [-0.4, -0.2) is 36.8 Å². The van der Waals surface area contributed by atoms with Crippen molar-refractivity contribution in [1.82, 2.24) is 0 Å². The van der Waals surface area contributed by atoms with Gasteiger partial charge in [0, 0.05) is 32.2 Å². The number of anilines is 1. The second kappa shape index (κ2) is 8.42. The molecule has 2 aliphatic rings. The standard InChI is InChI=1S/C23H27ClINO4Si/c1-14-21(31(2,3)29)20(10-11-27)30-23(14)18-12-16(24)6-9-19(18)26(22(23)28)13-15-4-7-17(25)8-5-15/h4-9,12,14,20-21,27,29H,10-11,13H2,1-3H3/t14-,20+,21-,23+/m1/s1. The monoisotopic (exact) mass is 571 g/mol. The first-order valence-corrected chi connectivity index (χ1v) is 14.9. The minimum Gasteiger partial charge on any atom is -0.432 e. The molecule has 1 saturated heterocycles. The smallest absolute Gasteiger partial charge is 0.264 e. The maximum atomic E-state index is 14.0. The van der Waals surface area contributed by atoms with Gasteiger partial charge in [0.15, 0.2) is 13.9 Å². The van der Waals surface area contributed by atoms with E-state index in [0.717, 1.165) is 20.4 Å². The van der Waals surface area contributed by atoms with Crippen molar-refractivity contribution < 1.29 is 19.4 Å². The Kier molecular flexibility index (Phi) is 6.30. The quantitative estimate of drug-likeness (QED) is 0.404. The van der Waals surface area contributed by atoms with Crippen LogP contribution in [0.3, 0.4) is 0 Å². The molecular weight excluding hydrogens is 545 g/mol. The highest BCUT2D eigenvalue weighted by atomic mass is 127. The SMILES string of the molecule is C[C@@H]1[C@@H]([Si](C)(C)O)[C@H](CCO)O[C@@]12C(=O)N(Cc1ccc(I)cc1)c1ccc(Cl)cc12. The van der Waals surface area contributed by atoms with Crippen LogP contribution < -0.4 is 4.90 Å². The highest BCUT2D eigenvalue weighted by Crippen LogP contribution is 2.60. The fraction of sp³-hybridized carbons (Fsp3) is 0.435. The molecule has 2 heterocycles. The van der Waals surface area contributed by atoms with Gasteiger partial charge in [0.2, 0.25) is 0 Å². The highest BCUT2D eigenvalue weighted by Gasteiger charge is 2.66. The number of aliphatic hydroxyl groups excluding tert-OH is 1. The molecule has 2 aromatic carbocycles. The summed E-state index contributed by atoms with van der Waals surface area (Å²) in [6.07, 6.45) is -0.00525. The summed E-state index contributed by atoms with van der Waals surface area (Å²) in [5.41, 5.74) is 1.18. The van der Waals surface area contributed by atoms with E-state index in [-0.39, 0.29) is 30.1 Å². The van der Waals surface area contributed by atoms with Gasteiger partial charge < -0.3 is 19.5 Å². The molecule has 0 unspecified atom stereocenters. The molecule has 0 aromatic heterocycles. The number of rotatable bonds is 5. The number of fused-ring (bicyclic) bond motifs is 2. The van der Waals surface area contributed by atoms with Gasteiger partial charge in [0.05, 0.1) is 18.3 Å². The van der Waals surface area contributed by atoms with Crippen molar-refractivity contribution in [1.29, 1.82) is 0 Å². The van der Waals surface area contributed by atoms with Crippen molar-refractivity contribution in [3.8, 4) is 0 Å². The summed E-state index contributed by atoms with van der Waals surface area (Å²) in [5, 5.41) is 10.2. The molecular formula is C23H27ClINO4Si. The fourth-order valence-electron chi connectivity index (χ4n) is 5.38. The van der Waals surface area contributed by atoms with E-state index in [2.05, 4.69) is 22.6 Å². The molecule has 4 atom stereocenters. The lowest BCUT2D eigenvalue weighted by Crippen LogP contribution is -2.46. The molecule has 2 aliphatic heterocycles. The molecule has 1 spiro atoms. The van der Waals surface area contributed by atoms with Crippen molar-refractivity contribution in [3.05, 3.63) is 62.2 Å². The lowest BCUT2D eigenvalue weighted by Gasteiger charge is -2.32. The van der Waals surface area contributed by atoms with Crippen molar-refractivity contribution in [2.24, 2.45) is 5.92 Å². The topological polar surface area (TPSA) is 70.0 Å². The summed E-state index contributed by atoms with van der Waals surface area (Å²) >= 11 is 8.62. The fourth-order valence-corrected chi connectivity index (χ4v) is 8.51. The Morgan fingerprint density at radius 2 is 1.90 bits per heavy atom. The number of amides is 1. The number of aliphatic hydroxyl groups is 1. The number of hydrogen-bond donors (Lipinski definition) is 2. The van der Waals surface area contributed by atoms with Gasteiger partial charge in [0.25, 0.3) is 5.91 Å². The first kappa shape index (κ1) is 23.2. The molecule has 0 aliphatic carbocycles. The maximum absolute atomic E-state index is 14.0. The Hall–Kier alpha value is -0.973. The third-order valence-corrected chi connectivity index (χ3v) is 10.1. The minimum atomic E-state index is -2.69. The highest BCUT2D eigenvalue weighted by molar-refractivity contribution is 14.1. The molecule has 1 amide bonds. The number of benzene rings is 2. The predicted octanol–water partition coefficient (Wildman–Crippen LogP) is 4.67. The maximum Gasteiger partial charge on any atom is 0.264 e. The Bertz CT molecular complexity index is 996. The van der Waals surface area contributed by atoms with Crippen LogP contribution in [0.15, 0.2) is 42.5 Å². The number of nitrogens with zero attached hydrogens (tertiary/aromatic N) is 1. The van der Waals surface area contributed by atoms with E-state index in [0.29, 0.717) is 18.0 Å². The van der Waals surface area contributed by atoms with E-state index in [1.807, 2.05) is 56.4 Å². The van der Waals surface area contributed by atoms with Crippen LogP contribution in [0.4, 0.5) is 5.69 Å². The van der Waals surface area contributed by atoms with Gasteiger partial charge in [0.1, 0.15) is 0 Å². The average Bonchev–Trinajstić information content (AvgIpc) is 3.11. The van der Waals surface area contributed by atoms with Gasteiger partial charge in [-0.05, 0) is 78.0 Å². The van der Waals surface area contributed by atoms with Crippen molar-refractivity contribution >= 4 is 54.1 Å². The molecule has 0 saturated carbocycles. The Morgan fingerprint density at radius 1 is 1.23 bits per heavy atom. The van der Waals surface area contributed by atoms with Crippen LogP contribution in [-0.2, 0) is 21.7 Å². The number of hydrogen-bond acceptors (Lipinski definition) is 4. The summed E-state index contributed by atoms with van der Waals surface area (Å²) in [6, 6.07) is 13.6. The van der Waals surface area contributed by atoms with Gasteiger partial charge in [-0.25, -0.2) is 0 Å². The summed E-state index contributed by atoms with van der Waals surface area (Å²) in [5.74, 6) is -0.373. The zero-order valence-corrected chi connectivity index (χ0v) is 21.7. The first-order valence-electron chi connectivity index (χ1n) is 10.5. The number of carbonyl (C=O) groups is 1. The molecule has 2 aromatic rings. The summed E-state index contributed by atoms with van der Waals surface area (Å²) in [7, 11) is -2.69. The Morgan fingerprint density at radius 3 is 2.52 bits per heavy atom. The zero-order valence-electron chi connectivity index (χ0n) is 17.8. The third-order valence-electron chi connectivity index (χ3n) is 6.61. The van der Waals surface area contributed by atoms with E-state index in [4.69, 9.17) is 16.3 Å². The Labute approximate surface area is 202 Å². The number of ether oxygens (including phenoxy) is 1. The van der Waals surface area contributed by atoms with E-state index >= 15 is 0 Å².